The molecule has 0 radical (unpaired) electrons. The summed E-state index contributed by atoms with van der Waals surface area (Å²) in [7, 11) is 0. The van der Waals surface area contributed by atoms with Gasteiger partial charge >= 0.3 is 5.97 Å². The Bertz CT molecular complexity index is 448. The van der Waals surface area contributed by atoms with Gasteiger partial charge in [0.15, 0.2) is 0 Å². The van der Waals surface area contributed by atoms with Gasteiger partial charge in [-0.3, -0.25) is 0 Å². The summed E-state index contributed by atoms with van der Waals surface area (Å²) in [5, 5.41) is 3.43. The molecule has 4 heteroatoms. The first-order valence-electron chi connectivity index (χ1n) is 6.95. The molecule has 0 aromatic heterocycles. The summed E-state index contributed by atoms with van der Waals surface area (Å²) in [6.45, 7) is 2.23. The number of rotatable bonds is 3. The van der Waals surface area contributed by atoms with Crippen molar-refractivity contribution in [2.45, 2.75) is 31.4 Å². The molecular formula is C15H19NO3. The van der Waals surface area contributed by atoms with Crippen LogP contribution in [-0.2, 0) is 9.47 Å². The molecule has 102 valence electrons. The highest BCUT2D eigenvalue weighted by atomic mass is 16.6. The minimum atomic E-state index is -0.222. The highest BCUT2D eigenvalue weighted by molar-refractivity contribution is 5.91. The zero-order chi connectivity index (χ0) is 13.1. The number of carbonyl (C=O) groups is 1. The average molecular weight is 261 g/mol. The van der Waals surface area contributed by atoms with Gasteiger partial charge in [-0.25, -0.2) is 4.79 Å². The fraction of sp³-hybridized carbons (Fsp3) is 0.533. The Morgan fingerprint density at radius 1 is 1.32 bits per heavy atom. The lowest BCUT2D eigenvalue weighted by Crippen LogP contribution is -2.21. The smallest absolute Gasteiger partial charge is 0.338 e. The van der Waals surface area contributed by atoms with E-state index in [-0.39, 0.29) is 18.1 Å². The molecule has 1 aromatic carbocycles. The van der Waals surface area contributed by atoms with Gasteiger partial charge in [0.1, 0.15) is 6.10 Å². The number of hydrogen-bond donors (Lipinski definition) is 1. The van der Waals surface area contributed by atoms with Crippen LogP contribution in [-0.4, -0.2) is 31.8 Å². The first-order chi connectivity index (χ1) is 9.34. The minimum absolute atomic E-state index is 0.0860. The molecular weight excluding hydrogens is 242 g/mol. The summed E-state index contributed by atoms with van der Waals surface area (Å²) in [6.07, 6.45) is 2.95. The Hall–Kier alpha value is -1.39. The first kappa shape index (κ1) is 12.6. The SMILES string of the molecule is O=C(O[C@H]1CCOC1)c1ccccc1C1CCCN1. The highest BCUT2D eigenvalue weighted by Crippen LogP contribution is 2.27. The number of hydrogen-bond acceptors (Lipinski definition) is 4. The summed E-state index contributed by atoms with van der Waals surface area (Å²) in [6, 6.07) is 8.02. The summed E-state index contributed by atoms with van der Waals surface area (Å²) < 4.78 is 10.7. The second-order valence-electron chi connectivity index (χ2n) is 5.13. The van der Waals surface area contributed by atoms with E-state index in [1.807, 2.05) is 24.3 Å². The number of esters is 1. The molecule has 0 spiro atoms. The van der Waals surface area contributed by atoms with Crippen LogP contribution < -0.4 is 5.32 Å². The predicted octanol–water partition coefficient (Wildman–Crippen LogP) is 2.06. The van der Waals surface area contributed by atoms with E-state index in [4.69, 9.17) is 9.47 Å². The van der Waals surface area contributed by atoms with Crippen molar-refractivity contribution in [1.29, 1.82) is 0 Å². The molecule has 2 saturated heterocycles. The van der Waals surface area contributed by atoms with Crippen LogP contribution in [0.25, 0.3) is 0 Å². The molecule has 1 aromatic rings. The predicted molar refractivity (Wildman–Crippen MR) is 71.1 cm³/mol. The van der Waals surface area contributed by atoms with Crippen molar-refractivity contribution in [3.8, 4) is 0 Å². The summed E-state index contributed by atoms with van der Waals surface area (Å²) in [4.78, 5) is 12.3. The van der Waals surface area contributed by atoms with Crippen molar-refractivity contribution < 1.29 is 14.3 Å². The second-order valence-corrected chi connectivity index (χ2v) is 5.13. The minimum Gasteiger partial charge on any atom is -0.456 e. The molecule has 1 unspecified atom stereocenters. The fourth-order valence-corrected chi connectivity index (χ4v) is 2.76. The van der Waals surface area contributed by atoms with Gasteiger partial charge in [0.05, 0.1) is 18.8 Å². The molecule has 3 rings (SSSR count). The maximum absolute atomic E-state index is 12.3. The van der Waals surface area contributed by atoms with Crippen LogP contribution in [0, 0.1) is 0 Å². The molecule has 19 heavy (non-hydrogen) atoms. The van der Waals surface area contributed by atoms with Crippen LogP contribution in [0.4, 0.5) is 0 Å². The van der Waals surface area contributed by atoms with Gasteiger partial charge in [0, 0.05) is 12.5 Å². The molecule has 2 atom stereocenters. The molecule has 2 aliphatic rings. The van der Waals surface area contributed by atoms with Crippen LogP contribution in [0.1, 0.15) is 41.2 Å². The molecule has 0 aliphatic carbocycles. The zero-order valence-electron chi connectivity index (χ0n) is 10.9. The molecule has 2 heterocycles. The fourth-order valence-electron chi connectivity index (χ4n) is 2.76. The third-order valence-corrected chi connectivity index (χ3v) is 3.78. The van der Waals surface area contributed by atoms with Crippen molar-refractivity contribution in [1.82, 2.24) is 5.32 Å². The quantitative estimate of drug-likeness (QED) is 0.846. The Labute approximate surface area is 113 Å². The second kappa shape index (κ2) is 5.72. The van der Waals surface area contributed by atoms with Crippen LogP contribution in [0.15, 0.2) is 24.3 Å². The third-order valence-electron chi connectivity index (χ3n) is 3.78. The number of benzene rings is 1. The molecule has 0 amide bonds. The number of ether oxygens (including phenoxy) is 2. The normalized spacial score (nSPS) is 26.5. The van der Waals surface area contributed by atoms with Crippen LogP contribution >= 0.6 is 0 Å². The maximum Gasteiger partial charge on any atom is 0.338 e. The van der Waals surface area contributed by atoms with Crippen LogP contribution in [0.2, 0.25) is 0 Å². The van der Waals surface area contributed by atoms with Gasteiger partial charge in [-0.15, -0.1) is 0 Å². The largest absolute Gasteiger partial charge is 0.456 e. The van der Waals surface area contributed by atoms with Gasteiger partial charge in [0.2, 0.25) is 0 Å². The highest BCUT2D eigenvalue weighted by Gasteiger charge is 2.25. The van der Waals surface area contributed by atoms with E-state index in [9.17, 15) is 4.79 Å². The van der Waals surface area contributed by atoms with Crippen LogP contribution in [0.5, 0.6) is 0 Å². The monoisotopic (exact) mass is 261 g/mol. The van der Waals surface area contributed by atoms with Crippen molar-refractivity contribution in [2.75, 3.05) is 19.8 Å². The average Bonchev–Trinajstić information content (AvgIpc) is 3.11. The molecule has 0 saturated carbocycles. The van der Waals surface area contributed by atoms with Crippen molar-refractivity contribution in [3.05, 3.63) is 35.4 Å². The first-order valence-corrected chi connectivity index (χ1v) is 6.95. The molecule has 2 fully saturated rings. The van der Waals surface area contributed by atoms with Gasteiger partial charge in [-0.05, 0) is 31.0 Å². The van der Waals surface area contributed by atoms with E-state index in [0.717, 1.165) is 31.4 Å². The topological polar surface area (TPSA) is 47.6 Å². The van der Waals surface area contributed by atoms with Crippen molar-refractivity contribution in [3.63, 3.8) is 0 Å². The lowest BCUT2D eigenvalue weighted by molar-refractivity contribution is 0.0269. The van der Waals surface area contributed by atoms with E-state index >= 15 is 0 Å². The lowest BCUT2D eigenvalue weighted by atomic mass is 9.99. The zero-order valence-corrected chi connectivity index (χ0v) is 10.9. The molecule has 0 bridgehead atoms. The Morgan fingerprint density at radius 2 is 2.21 bits per heavy atom. The van der Waals surface area contributed by atoms with E-state index in [1.54, 1.807) is 0 Å². The van der Waals surface area contributed by atoms with Gasteiger partial charge < -0.3 is 14.8 Å². The van der Waals surface area contributed by atoms with Gasteiger partial charge in [-0.1, -0.05) is 18.2 Å². The van der Waals surface area contributed by atoms with Crippen LogP contribution in [0.3, 0.4) is 0 Å². The Morgan fingerprint density at radius 3 is 2.95 bits per heavy atom. The molecule has 1 N–H and O–H groups in total. The van der Waals surface area contributed by atoms with E-state index in [0.29, 0.717) is 18.8 Å². The Kier molecular flexibility index (Phi) is 3.80. The molecule has 4 nitrogen and oxygen atoms in total. The summed E-state index contributed by atoms with van der Waals surface area (Å²) >= 11 is 0. The van der Waals surface area contributed by atoms with E-state index in [1.165, 1.54) is 0 Å². The maximum atomic E-state index is 12.3. The van der Waals surface area contributed by atoms with Crippen molar-refractivity contribution >= 4 is 5.97 Å². The van der Waals surface area contributed by atoms with Gasteiger partial charge in [-0.2, -0.15) is 0 Å². The summed E-state index contributed by atoms with van der Waals surface area (Å²) in [5.41, 5.74) is 1.75. The van der Waals surface area contributed by atoms with Crippen molar-refractivity contribution in [2.24, 2.45) is 0 Å². The Balaban J connectivity index is 1.76. The standard InChI is InChI=1S/C15H19NO3/c17-15(19-11-7-9-18-10-11)13-5-2-1-4-12(13)14-6-3-8-16-14/h1-2,4-5,11,14,16H,3,6-10H2/t11-,14?/m0/s1. The number of nitrogens with one attached hydrogen (secondary N) is 1. The van der Waals surface area contributed by atoms with E-state index in [2.05, 4.69) is 5.32 Å². The number of carbonyl (C=O) groups excluding carboxylic acids is 1. The van der Waals surface area contributed by atoms with E-state index < -0.39 is 0 Å². The third kappa shape index (κ3) is 2.80. The lowest BCUT2D eigenvalue weighted by Gasteiger charge is -2.16. The summed E-state index contributed by atoms with van der Waals surface area (Å²) in [5.74, 6) is -0.222. The van der Waals surface area contributed by atoms with Gasteiger partial charge in [0.25, 0.3) is 0 Å². The molecule has 2 aliphatic heterocycles.